The molecule has 5 aromatic heterocycles. The Morgan fingerprint density at radius 2 is 0.708 bits per heavy atom. The lowest BCUT2D eigenvalue weighted by Gasteiger charge is -2.14. The summed E-state index contributed by atoms with van der Waals surface area (Å²) in [6.07, 6.45) is 7.40. The Morgan fingerprint density at radius 3 is 1.14 bits per heavy atom. The van der Waals surface area contributed by atoms with Crippen LogP contribution in [0.5, 0.6) is 23.0 Å². The third-order valence-corrected chi connectivity index (χ3v) is 13.3. The van der Waals surface area contributed by atoms with Crippen molar-refractivity contribution in [3.8, 4) is 79.4 Å². The third-order valence-electron chi connectivity index (χ3n) is 13.3. The molecule has 0 atom stereocenters. The van der Waals surface area contributed by atoms with E-state index in [-0.39, 0.29) is 0 Å². The van der Waals surface area contributed by atoms with Gasteiger partial charge in [0.05, 0.1) is 45.8 Å². The summed E-state index contributed by atoms with van der Waals surface area (Å²) in [5.74, 6) is 4.49. The third kappa shape index (κ3) is 7.87. The van der Waals surface area contributed by atoms with Crippen LogP contribution in [-0.4, -0.2) is 29.1 Å². The van der Waals surface area contributed by atoms with E-state index < -0.39 is 0 Å². The van der Waals surface area contributed by atoms with Gasteiger partial charge in [-0.3, -0.25) is 19.1 Å². The first-order valence-electron chi connectivity index (χ1n) is 24.0. The number of benzene rings is 8. The summed E-state index contributed by atoms with van der Waals surface area (Å²) >= 11 is 0. The van der Waals surface area contributed by atoms with Crippen molar-refractivity contribution in [1.82, 2.24) is 29.1 Å². The number of hydrogen-bond acceptors (Lipinski definition) is 6. The van der Waals surface area contributed by atoms with Crippen molar-refractivity contribution in [2.75, 3.05) is 0 Å². The average molecular weight is 929 g/mol. The summed E-state index contributed by atoms with van der Waals surface area (Å²) in [6.45, 7) is 4.18. The summed E-state index contributed by atoms with van der Waals surface area (Å²) in [7, 11) is 0. The average Bonchev–Trinajstić information content (AvgIpc) is 3.93. The first-order chi connectivity index (χ1) is 35.5. The fourth-order valence-electron chi connectivity index (χ4n) is 9.91. The fraction of sp³-hybridized carbons (Fsp3) is 0.0312. The minimum atomic E-state index is 0.680. The molecule has 72 heavy (non-hydrogen) atoms. The Morgan fingerprint density at radius 1 is 0.306 bits per heavy atom. The number of nitrogens with zero attached hydrogens (tertiary/aromatic N) is 6. The van der Waals surface area contributed by atoms with Crippen LogP contribution in [0.2, 0.25) is 0 Å². The highest BCUT2D eigenvalue weighted by Gasteiger charge is 2.18. The van der Waals surface area contributed by atoms with E-state index in [9.17, 15) is 0 Å². The quantitative estimate of drug-likeness (QED) is 0.136. The van der Waals surface area contributed by atoms with Gasteiger partial charge in [-0.25, -0.2) is 9.97 Å². The molecule has 0 unspecified atom stereocenters. The molecule has 342 valence electrons. The molecule has 0 aliphatic heterocycles. The summed E-state index contributed by atoms with van der Waals surface area (Å²) in [6, 6.07) is 70.9. The highest BCUT2D eigenvalue weighted by Crippen LogP contribution is 2.40. The van der Waals surface area contributed by atoms with Crippen LogP contribution >= 0.6 is 0 Å². The number of aryl methyl sites for hydroxylation is 2. The van der Waals surface area contributed by atoms with Crippen LogP contribution in [-0.2, 0) is 0 Å². The number of ether oxygens (including phenoxy) is 2. The summed E-state index contributed by atoms with van der Waals surface area (Å²) in [5, 5.41) is 4.56. The molecule has 0 aliphatic carbocycles. The minimum Gasteiger partial charge on any atom is -0.457 e. The van der Waals surface area contributed by atoms with Crippen LogP contribution in [0.4, 0.5) is 0 Å². The van der Waals surface area contributed by atoms with Crippen LogP contribution in [0, 0.1) is 13.8 Å². The number of aromatic nitrogens is 6. The SMILES string of the molecule is Cc1ccnc(-n2c3ccccc3c3ccc(Oc4cc(-c5ccccc5)cc(-c5cnc(-c6cc(Oc7ccc8c9ccccc9n(-c9cc(C)ccn9)c8c7)cc(-c7ccccc7)c6)cn5)c4)cc32)c1. The van der Waals surface area contributed by atoms with Crippen LogP contribution in [0.1, 0.15) is 11.1 Å². The van der Waals surface area contributed by atoms with Crippen LogP contribution < -0.4 is 9.47 Å². The van der Waals surface area contributed by atoms with E-state index in [2.05, 4.69) is 156 Å². The second kappa shape index (κ2) is 17.7. The molecule has 13 aromatic rings. The van der Waals surface area contributed by atoms with Crippen molar-refractivity contribution < 1.29 is 9.47 Å². The minimum absolute atomic E-state index is 0.680. The molecule has 13 rings (SSSR count). The normalized spacial score (nSPS) is 11.5. The maximum atomic E-state index is 6.80. The van der Waals surface area contributed by atoms with Gasteiger partial charge in [0.15, 0.2) is 0 Å². The smallest absolute Gasteiger partial charge is 0.137 e. The van der Waals surface area contributed by atoms with E-state index in [4.69, 9.17) is 29.4 Å². The monoisotopic (exact) mass is 928 g/mol. The van der Waals surface area contributed by atoms with Crippen molar-refractivity contribution in [3.63, 3.8) is 0 Å². The Labute approximate surface area is 415 Å². The van der Waals surface area contributed by atoms with Crippen molar-refractivity contribution >= 4 is 43.6 Å². The van der Waals surface area contributed by atoms with Gasteiger partial charge in [0.25, 0.3) is 0 Å². The number of rotatable bonds is 10. The molecule has 0 amide bonds. The number of hydrogen-bond donors (Lipinski definition) is 0. The molecule has 8 aromatic carbocycles. The highest BCUT2D eigenvalue weighted by molar-refractivity contribution is 6.10. The van der Waals surface area contributed by atoms with Gasteiger partial charge < -0.3 is 9.47 Å². The van der Waals surface area contributed by atoms with Crippen LogP contribution in [0.3, 0.4) is 0 Å². The van der Waals surface area contributed by atoms with E-state index in [0.717, 1.165) is 99.8 Å². The number of para-hydroxylation sites is 2. The van der Waals surface area contributed by atoms with Crippen molar-refractivity contribution in [2.24, 2.45) is 0 Å². The van der Waals surface area contributed by atoms with Crippen LogP contribution in [0.15, 0.2) is 231 Å². The summed E-state index contributed by atoms with van der Waals surface area (Å²) in [4.78, 5) is 19.7. The van der Waals surface area contributed by atoms with E-state index in [1.807, 2.05) is 97.6 Å². The molecule has 0 N–H and O–H groups in total. The molecule has 0 spiro atoms. The first kappa shape index (κ1) is 42.4. The highest BCUT2D eigenvalue weighted by atomic mass is 16.5. The maximum absolute atomic E-state index is 6.80. The Kier molecular flexibility index (Phi) is 10.4. The van der Waals surface area contributed by atoms with Gasteiger partial charge in [-0.2, -0.15) is 0 Å². The van der Waals surface area contributed by atoms with Crippen LogP contribution in [0.25, 0.3) is 100 Å². The molecule has 0 saturated carbocycles. The zero-order valence-electron chi connectivity index (χ0n) is 39.4. The summed E-state index contributed by atoms with van der Waals surface area (Å²) < 4.78 is 18.0. The van der Waals surface area contributed by atoms with Gasteiger partial charge in [-0.05, 0) is 144 Å². The molecule has 0 saturated heterocycles. The zero-order chi connectivity index (χ0) is 48.1. The fourth-order valence-corrected chi connectivity index (χ4v) is 9.91. The topological polar surface area (TPSA) is 79.9 Å². The Hall–Kier alpha value is -9.66. The van der Waals surface area contributed by atoms with Crippen molar-refractivity contribution in [2.45, 2.75) is 13.8 Å². The molecule has 0 aliphatic rings. The lowest BCUT2D eigenvalue weighted by Crippen LogP contribution is -1.97. The molecule has 8 nitrogen and oxygen atoms in total. The second-order valence-electron chi connectivity index (χ2n) is 18.2. The summed E-state index contributed by atoms with van der Waals surface area (Å²) in [5.41, 5.74) is 13.8. The molecule has 0 radical (unpaired) electrons. The van der Waals surface area contributed by atoms with E-state index in [1.165, 1.54) is 0 Å². The van der Waals surface area contributed by atoms with E-state index >= 15 is 0 Å². The van der Waals surface area contributed by atoms with Gasteiger partial charge in [0.2, 0.25) is 0 Å². The number of pyridine rings is 2. The van der Waals surface area contributed by atoms with Crippen molar-refractivity contribution in [1.29, 1.82) is 0 Å². The molecule has 8 heteroatoms. The predicted molar refractivity (Wildman–Crippen MR) is 291 cm³/mol. The molecular formula is C64H44N6O2. The molecule has 5 heterocycles. The lowest BCUT2D eigenvalue weighted by atomic mass is 10.0. The van der Waals surface area contributed by atoms with Gasteiger partial charge in [0.1, 0.15) is 34.6 Å². The lowest BCUT2D eigenvalue weighted by molar-refractivity contribution is 0.483. The first-order valence-corrected chi connectivity index (χ1v) is 24.0. The van der Waals surface area contributed by atoms with Gasteiger partial charge in [0, 0.05) is 57.2 Å². The molecule has 0 bridgehead atoms. The van der Waals surface area contributed by atoms with Gasteiger partial charge >= 0.3 is 0 Å². The standard InChI is InChI=1S/C64H44N6O2/c1-41-25-27-65-63(29-41)69-59-19-11-9-17-53(59)55-23-21-49(37-61(55)69)71-51-33-45(43-13-5-3-6-14-43)31-47(35-51)57-39-68-58(40-67-57)48-32-46(44-15-7-4-8-16-44)34-52(36-48)72-50-22-24-56-54-18-10-12-20-60(54)70(62(56)38-50)64-30-42(2)26-28-66-64/h3-40H,1-2H3. The van der Waals surface area contributed by atoms with Gasteiger partial charge in [-0.1, -0.05) is 97.1 Å². The maximum Gasteiger partial charge on any atom is 0.137 e. The van der Waals surface area contributed by atoms with E-state index in [0.29, 0.717) is 34.4 Å². The Balaban J connectivity index is 0.863. The largest absolute Gasteiger partial charge is 0.457 e. The van der Waals surface area contributed by atoms with E-state index in [1.54, 1.807) is 0 Å². The van der Waals surface area contributed by atoms with Gasteiger partial charge in [-0.15, -0.1) is 0 Å². The predicted octanol–water partition coefficient (Wildman–Crippen LogP) is 16.3. The number of fused-ring (bicyclic) bond motifs is 6. The van der Waals surface area contributed by atoms with Crippen molar-refractivity contribution in [3.05, 3.63) is 242 Å². The zero-order valence-corrected chi connectivity index (χ0v) is 39.4. The Bertz CT molecular complexity index is 3910. The second-order valence-corrected chi connectivity index (χ2v) is 18.2. The molecular weight excluding hydrogens is 885 g/mol. The molecule has 0 fully saturated rings.